The minimum Gasteiger partial charge on any atom is -0.469 e. The Morgan fingerprint density at radius 1 is 1.14 bits per heavy atom. The number of esters is 1. The molecule has 0 spiro atoms. The maximum atomic E-state index is 12.2. The summed E-state index contributed by atoms with van der Waals surface area (Å²) < 4.78 is 12.0. The Balaban J connectivity index is 1.92. The van der Waals surface area contributed by atoms with Crippen molar-refractivity contribution in [1.82, 2.24) is 19.5 Å². The van der Waals surface area contributed by atoms with Gasteiger partial charge in [0.1, 0.15) is 0 Å². The SMILES string of the molecule is COC(=O)CCCOCCn1c2nc(=O)[nH]c(=O)c-2nc2cc(C)c(C)cc21. The van der Waals surface area contributed by atoms with Gasteiger partial charge in [0.2, 0.25) is 0 Å². The van der Waals surface area contributed by atoms with Crippen LogP contribution in [0.3, 0.4) is 0 Å². The first-order valence-electron chi connectivity index (χ1n) is 8.97. The van der Waals surface area contributed by atoms with Gasteiger partial charge >= 0.3 is 11.7 Å². The van der Waals surface area contributed by atoms with E-state index in [1.165, 1.54) is 7.11 Å². The molecule has 2 aliphatic rings. The first-order chi connectivity index (χ1) is 13.4. The molecule has 9 nitrogen and oxygen atoms in total. The smallest absolute Gasteiger partial charge is 0.349 e. The van der Waals surface area contributed by atoms with Crippen LogP contribution in [-0.4, -0.2) is 45.8 Å². The molecule has 3 rings (SSSR count). The van der Waals surface area contributed by atoms with Crippen LogP contribution >= 0.6 is 0 Å². The maximum absolute atomic E-state index is 12.2. The van der Waals surface area contributed by atoms with E-state index in [1.807, 2.05) is 26.0 Å². The summed E-state index contributed by atoms with van der Waals surface area (Å²) >= 11 is 0. The number of aromatic nitrogens is 4. The molecule has 0 unspecified atom stereocenters. The third-order valence-electron chi connectivity index (χ3n) is 4.58. The molecule has 148 valence electrons. The molecule has 0 bridgehead atoms. The number of nitrogens with one attached hydrogen (secondary N) is 1. The second kappa shape index (κ2) is 8.30. The summed E-state index contributed by atoms with van der Waals surface area (Å²) in [6.07, 6.45) is 0.843. The predicted molar refractivity (Wildman–Crippen MR) is 103 cm³/mol. The maximum Gasteiger partial charge on any atom is 0.349 e. The number of H-pyrrole nitrogens is 1. The van der Waals surface area contributed by atoms with Gasteiger partial charge in [-0.05, 0) is 43.5 Å². The lowest BCUT2D eigenvalue weighted by Crippen LogP contribution is -2.29. The van der Waals surface area contributed by atoms with Crippen molar-refractivity contribution in [3.05, 3.63) is 44.1 Å². The largest absolute Gasteiger partial charge is 0.469 e. The predicted octanol–water partition coefficient (Wildman–Crippen LogP) is 1.17. The number of rotatable bonds is 7. The number of fused-ring (bicyclic) bond motifs is 2. The Hall–Kier alpha value is -3.07. The van der Waals surface area contributed by atoms with Crippen molar-refractivity contribution in [3.63, 3.8) is 0 Å². The van der Waals surface area contributed by atoms with Crippen LogP contribution in [0.1, 0.15) is 24.0 Å². The summed E-state index contributed by atoms with van der Waals surface area (Å²) in [7, 11) is 1.35. The number of aryl methyl sites for hydroxylation is 2. The van der Waals surface area contributed by atoms with Crippen molar-refractivity contribution >= 4 is 17.0 Å². The minimum atomic E-state index is -0.713. The lowest BCUT2D eigenvalue weighted by Gasteiger charge is -2.17. The van der Waals surface area contributed by atoms with E-state index in [9.17, 15) is 14.4 Å². The summed E-state index contributed by atoms with van der Waals surface area (Å²) in [6, 6.07) is 3.87. The number of hydrogen-bond donors (Lipinski definition) is 1. The molecule has 28 heavy (non-hydrogen) atoms. The van der Waals surface area contributed by atoms with Gasteiger partial charge < -0.3 is 14.0 Å². The number of benzene rings is 1. The van der Waals surface area contributed by atoms with Crippen molar-refractivity contribution in [2.45, 2.75) is 33.2 Å². The lowest BCUT2D eigenvalue weighted by molar-refractivity contribution is -0.141. The van der Waals surface area contributed by atoms with Gasteiger partial charge in [0.15, 0.2) is 11.5 Å². The molecule has 0 atom stereocenters. The topological polar surface area (TPSA) is 116 Å². The highest BCUT2D eigenvalue weighted by atomic mass is 16.5. The van der Waals surface area contributed by atoms with Crippen molar-refractivity contribution in [1.29, 1.82) is 0 Å². The van der Waals surface area contributed by atoms with Crippen LogP contribution in [0, 0.1) is 13.8 Å². The Bertz CT molecular complexity index is 1100. The van der Waals surface area contributed by atoms with E-state index in [-0.39, 0.29) is 17.5 Å². The first-order valence-corrected chi connectivity index (χ1v) is 8.97. The molecule has 1 aromatic carbocycles. The Morgan fingerprint density at radius 3 is 2.64 bits per heavy atom. The van der Waals surface area contributed by atoms with E-state index in [0.29, 0.717) is 38.1 Å². The molecule has 0 saturated heterocycles. The van der Waals surface area contributed by atoms with Gasteiger partial charge in [0.05, 0.1) is 24.8 Å². The van der Waals surface area contributed by atoms with Crippen LogP contribution < -0.4 is 11.2 Å². The second-order valence-electron chi connectivity index (χ2n) is 6.52. The van der Waals surface area contributed by atoms with E-state index < -0.39 is 11.2 Å². The van der Waals surface area contributed by atoms with Crippen molar-refractivity contribution in [3.8, 4) is 11.5 Å². The zero-order valence-corrected chi connectivity index (χ0v) is 16.1. The van der Waals surface area contributed by atoms with Crippen LogP contribution in [0.5, 0.6) is 0 Å². The highest BCUT2D eigenvalue weighted by molar-refractivity contribution is 5.81. The van der Waals surface area contributed by atoms with Crippen LogP contribution in [0.4, 0.5) is 0 Å². The third-order valence-corrected chi connectivity index (χ3v) is 4.58. The number of nitrogens with zero attached hydrogens (tertiary/aromatic N) is 3. The summed E-state index contributed by atoms with van der Waals surface area (Å²) in [5.74, 6) is -0.0518. The first kappa shape index (κ1) is 19.7. The van der Waals surface area contributed by atoms with Gasteiger partial charge in [0, 0.05) is 19.6 Å². The van der Waals surface area contributed by atoms with Crippen molar-refractivity contribution < 1.29 is 14.3 Å². The molecular weight excluding hydrogens is 364 g/mol. The van der Waals surface area contributed by atoms with Gasteiger partial charge in [-0.25, -0.2) is 9.78 Å². The number of ether oxygens (including phenoxy) is 2. The summed E-state index contributed by atoms with van der Waals surface area (Å²) in [5.41, 5.74) is 2.36. The molecule has 2 heterocycles. The van der Waals surface area contributed by atoms with Crippen LogP contribution in [0.2, 0.25) is 0 Å². The fraction of sp³-hybridized carbons (Fsp3) is 0.421. The van der Waals surface area contributed by atoms with Gasteiger partial charge in [-0.15, -0.1) is 0 Å². The molecule has 1 N–H and O–H groups in total. The standard InChI is InChI=1S/C19H22N4O5/c1-11-9-13-14(10-12(11)2)23(6-8-28-7-4-5-15(24)27-3)17-16(20-13)18(25)22-19(26)21-17/h9-10H,4-8H2,1-3H3,(H,22,25,26). The number of methoxy groups -OCH3 is 1. The van der Waals surface area contributed by atoms with Gasteiger partial charge in [-0.3, -0.25) is 14.6 Å². The fourth-order valence-corrected chi connectivity index (χ4v) is 2.95. The number of carbonyl (C=O) groups excluding carboxylic acids is 1. The lowest BCUT2D eigenvalue weighted by atomic mass is 10.1. The molecule has 0 fully saturated rings. The average Bonchev–Trinajstić information content (AvgIpc) is 2.65. The van der Waals surface area contributed by atoms with E-state index in [2.05, 4.69) is 19.7 Å². The zero-order valence-electron chi connectivity index (χ0n) is 16.1. The van der Waals surface area contributed by atoms with Gasteiger partial charge in [-0.2, -0.15) is 4.98 Å². The van der Waals surface area contributed by atoms with Crippen molar-refractivity contribution in [2.24, 2.45) is 0 Å². The van der Waals surface area contributed by atoms with Crippen molar-refractivity contribution in [2.75, 3.05) is 20.3 Å². The third kappa shape index (κ3) is 4.09. The Kier molecular flexibility index (Phi) is 5.84. The molecule has 9 heteroatoms. The quantitative estimate of drug-likeness (QED) is 0.368. The molecule has 0 amide bonds. The van der Waals surface area contributed by atoms with E-state index in [1.54, 1.807) is 4.57 Å². The van der Waals surface area contributed by atoms with Crippen LogP contribution in [0.15, 0.2) is 21.7 Å². The van der Waals surface area contributed by atoms with Crippen LogP contribution in [-0.2, 0) is 20.8 Å². The Labute approximate surface area is 160 Å². The van der Waals surface area contributed by atoms with E-state index >= 15 is 0 Å². The highest BCUT2D eigenvalue weighted by Crippen LogP contribution is 2.23. The van der Waals surface area contributed by atoms with Crippen LogP contribution in [0.25, 0.3) is 22.6 Å². The highest BCUT2D eigenvalue weighted by Gasteiger charge is 2.19. The number of hydrogen-bond acceptors (Lipinski definition) is 7. The number of aromatic amines is 1. The van der Waals surface area contributed by atoms with E-state index in [4.69, 9.17) is 4.74 Å². The molecule has 0 aromatic heterocycles. The summed E-state index contributed by atoms with van der Waals surface area (Å²) in [5, 5.41) is 0. The zero-order chi connectivity index (χ0) is 20.3. The molecule has 1 aromatic rings. The van der Waals surface area contributed by atoms with E-state index in [0.717, 1.165) is 16.6 Å². The monoisotopic (exact) mass is 386 g/mol. The minimum absolute atomic E-state index is 0.112. The second-order valence-corrected chi connectivity index (χ2v) is 6.52. The summed E-state index contributed by atoms with van der Waals surface area (Å²) in [4.78, 5) is 45.6. The molecular formula is C19H22N4O5. The molecule has 0 saturated carbocycles. The normalized spacial score (nSPS) is 11.2. The molecule has 0 aliphatic carbocycles. The number of carbonyl (C=O) groups is 1. The molecule has 0 radical (unpaired) electrons. The fourth-order valence-electron chi connectivity index (χ4n) is 2.95. The molecule has 2 aliphatic heterocycles. The van der Waals surface area contributed by atoms with Gasteiger partial charge in [0.25, 0.3) is 5.56 Å². The average molecular weight is 386 g/mol. The summed E-state index contributed by atoms with van der Waals surface area (Å²) in [6.45, 7) is 5.06. The van der Waals surface area contributed by atoms with Gasteiger partial charge in [-0.1, -0.05) is 0 Å². The Morgan fingerprint density at radius 2 is 1.89 bits per heavy atom.